The summed E-state index contributed by atoms with van der Waals surface area (Å²) in [6, 6.07) is 20.1. The first-order valence-corrected chi connectivity index (χ1v) is 10.6. The maximum absolute atomic E-state index is 12.3. The van der Waals surface area contributed by atoms with Gasteiger partial charge in [-0.1, -0.05) is 48.5 Å². The number of likely N-dealkylation sites (tertiary alicyclic amines) is 1. The average Bonchev–Trinajstić information content (AvgIpc) is 3.13. The molecule has 0 aromatic heterocycles. The number of nitrogens with one attached hydrogen (secondary N) is 2. The first-order valence-electron chi connectivity index (χ1n) is 10.6. The van der Waals surface area contributed by atoms with Crippen molar-refractivity contribution in [2.75, 3.05) is 33.2 Å². The number of amides is 1. The Kier molecular flexibility index (Phi) is 8.12. The highest BCUT2D eigenvalue weighted by molar-refractivity contribution is 5.80. The van der Waals surface area contributed by atoms with Gasteiger partial charge in [-0.05, 0) is 31.0 Å². The van der Waals surface area contributed by atoms with E-state index in [1.165, 1.54) is 5.56 Å². The van der Waals surface area contributed by atoms with Crippen LogP contribution in [0.3, 0.4) is 0 Å². The maximum Gasteiger partial charge on any atom is 0.223 e. The Balaban J connectivity index is 1.37. The molecule has 2 N–H and O–H groups in total. The topological polar surface area (TPSA) is 66.0 Å². The largest absolute Gasteiger partial charge is 0.489 e. The molecule has 0 spiro atoms. The molecular formula is C24H32N4O2. The number of carbonyl (C=O) groups excluding carboxylic acids is 1. The van der Waals surface area contributed by atoms with Gasteiger partial charge >= 0.3 is 0 Å². The zero-order valence-electron chi connectivity index (χ0n) is 17.9. The maximum atomic E-state index is 12.3. The van der Waals surface area contributed by atoms with Crippen LogP contribution < -0.4 is 15.4 Å². The van der Waals surface area contributed by atoms with E-state index < -0.39 is 0 Å². The SMILES string of the molecule is CN=C(NCC1CC(=O)N(CCc2ccccc2)C1)NCC(C)Oc1ccccc1. The Bertz CT molecular complexity index is 810. The van der Waals surface area contributed by atoms with E-state index in [1.54, 1.807) is 7.05 Å². The van der Waals surface area contributed by atoms with Gasteiger partial charge < -0.3 is 20.3 Å². The van der Waals surface area contributed by atoms with E-state index in [0.29, 0.717) is 18.9 Å². The third-order valence-corrected chi connectivity index (χ3v) is 5.23. The van der Waals surface area contributed by atoms with Crippen LogP contribution in [0.4, 0.5) is 0 Å². The van der Waals surface area contributed by atoms with Crippen LogP contribution in [0.15, 0.2) is 65.7 Å². The minimum atomic E-state index is 0.00693. The zero-order valence-corrected chi connectivity index (χ0v) is 17.9. The Morgan fingerprint density at radius 1 is 1.13 bits per heavy atom. The molecule has 1 saturated heterocycles. The van der Waals surface area contributed by atoms with Crippen LogP contribution in [0.1, 0.15) is 18.9 Å². The number of guanidine groups is 1. The Morgan fingerprint density at radius 3 is 2.53 bits per heavy atom. The highest BCUT2D eigenvalue weighted by Gasteiger charge is 2.29. The summed E-state index contributed by atoms with van der Waals surface area (Å²) < 4.78 is 5.88. The lowest BCUT2D eigenvalue weighted by molar-refractivity contribution is -0.127. The highest BCUT2D eigenvalue weighted by Crippen LogP contribution is 2.17. The molecule has 2 unspecified atom stereocenters. The molecule has 3 rings (SSSR count). The molecule has 6 nitrogen and oxygen atoms in total. The van der Waals surface area contributed by atoms with E-state index in [-0.39, 0.29) is 12.0 Å². The third-order valence-electron chi connectivity index (χ3n) is 5.23. The summed E-state index contributed by atoms with van der Waals surface area (Å²) in [6.07, 6.45) is 1.49. The van der Waals surface area contributed by atoms with Crippen LogP contribution in [0.25, 0.3) is 0 Å². The summed E-state index contributed by atoms with van der Waals surface area (Å²) >= 11 is 0. The smallest absolute Gasteiger partial charge is 0.223 e. The van der Waals surface area contributed by atoms with Crippen molar-refractivity contribution >= 4 is 11.9 Å². The summed E-state index contributed by atoms with van der Waals surface area (Å²) in [5.74, 6) is 2.12. The number of hydrogen-bond donors (Lipinski definition) is 2. The number of ether oxygens (including phenoxy) is 1. The summed E-state index contributed by atoms with van der Waals surface area (Å²) in [5, 5.41) is 6.65. The van der Waals surface area contributed by atoms with Gasteiger partial charge in [-0.15, -0.1) is 0 Å². The average molecular weight is 409 g/mol. The number of nitrogens with zero attached hydrogens (tertiary/aromatic N) is 2. The second-order valence-corrected chi connectivity index (χ2v) is 7.72. The monoisotopic (exact) mass is 408 g/mol. The van der Waals surface area contributed by atoms with E-state index in [4.69, 9.17) is 4.74 Å². The van der Waals surface area contributed by atoms with Gasteiger partial charge in [-0.2, -0.15) is 0 Å². The Morgan fingerprint density at radius 2 is 1.83 bits per heavy atom. The molecule has 160 valence electrons. The normalized spacial score (nSPS) is 17.7. The first-order chi connectivity index (χ1) is 14.6. The lowest BCUT2D eigenvalue weighted by Gasteiger charge is -2.19. The van der Waals surface area contributed by atoms with Gasteiger partial charge in [-0.3, -0.25) is 9.79 Å². The summed E-state index contributed by atoms with van der Waals surface area (Å²) in [7, 11) is 1.75. The van der Waals surface area contributed by atoms with Crippen molar-refractivity contribution < 1.29 is 9.53 Å². The van der Waals surface area contributed by atoms with Crippen LogP contribution in [0, 0.1) is 5.92 Å². The lowest BCUT2D eigenvalue weighted by atomic mass is 10.1. The van der Waals surface area contributed by atoms with Crippen LogP contribution in [-0.4, -0.2) is 56.1 Å². The van der Waals surface area contributed by atoms with Gasteiger partial charge in [0.15, 0.2) is 5.96 Å². The first kappa shape index (κ1) is 21.7. The van der Waals surface area contributed by atoms with Gasteiger partial charge in [-0.25, -0.2) is 0 Å². The fraction of sp³-hybridized carbons (Fsp3) is 0.417. The quantitative estimate of drug-likeness (QED) is 0.495. The Labute approximate surface area is 179 Å². The van der Waals surface area contributed by atoms with Gasteiger partial charge in [0.1, 0.15) is 11.9 Å². The van der Waals surface area contributed by atoms with E-state index in [2.05, 4.69) is 27.8 Å². The molecular weight excluding hydrogens is 376 g/mol. The minimum absolute atomic E-state index is 0.00693. The van der Waals surface area contributed by atoms with Gasteiger partial charge in [0, 0.05) is 39.0 Å². The second kappa shape index (κ2) is 11.2. The molecule has 2 atom stereocenters. The highest BCUT2D eigenvalue weighted by atomic mass is 16.5. The Hall–Kier alpha value is -3.02. The molecule has 2 aromatic carbocycles. The second-order valence-electron chi connectivity index (χ2n) is 7.72. The van der Waals surface area contributed by atoms with Crippen molar-refractivity contribution in [3.8, 4) is 5.75 Å². The summed E-state index contributed by atoms with van der Waals surface area (Å²) in [4.78, 5) is 18.6. The number of hydrogen-bond acceptors (Lipinski definition) is 3. The molecule has 2 aromatic rings. The lowest BCUT2D eigenvalue weighted by Crippen LogP contribution is -2.43. The van der Waals surface area contributed by atoms with Crippen molar-refractivity contribution in [1.29, 1.82) is 0 Å². The van der Waals surface area contributed by atoms with E-state index in [0.717, 1.165) is 37.8 Å². The van der Waals surface area contributed by atoms with Crippen molar-refractivity contribution in [2.24, 2.45) is 10.9 Å². The summed E-state index contributed by atoms with van der Waals surface area (Å²) in [5.41, 5.74) is 1.27. The standard InChI is InChI=1S/C24H32N4O2/c1-19(30-22-11-7-4-8-12-22)16-26-24(25-2)27-17-21-15-23(29)28(18-21)14-13-20-9-5-3-6-10-20/h3-12,19,21H,13-18H2,1-2H3,(H2,25,26,27). The van der Waals surface area contributed by atoms with E-state index in [1.807, 2.05) is 60.4 Å². The van der Waals surface area contributed by atoms with E-state index in [9.17, 15) is 4.79 Å². The number of rotatable bonds is 9. The fourth-order valence-electron chi connectivity index (χ4n) is 3.59. The molecule has 1 fully saturated rings. The molecule has 0 saturated carbocycles. The van der Waals surface area contributed by atoms with Gasteiger partial charge in [0.25, 0.3) is 0 Å². The van der Waals surface area contributed by atoms with E-state index >= 15 is 0 Å². The number of carbonyl (C=O) groups is 1. The molecule has 0 aliphatic carbocycles. The van der Waals surface area contributed by atoms with Crippen LogP contribution >= 0.6 is 0 Å². The molecule has 6 heteroatoms. The molecule has 0 radical (unpaired) electrons. The van der Waals surface area contributed by atoms with Crippen molar-refractivity contribution in [1.82, 2.24) is 15.5 Å². The fourth-order valence-corrected chi connectivity index (χ4v) is 3.59. The van der Waals surface area contributed by atoms with Crippen LogP contribution in [-0.2, 0) is 11.2 Å². The molecule has 30 heavy (non-hydrogen) atoms. The molecule has 1 amide bonds. The van der Waals surface area contributed by atoms with Crippen molar-refractivity contribution in [3.05, 3.63) is 66.2 Å². The van der Waals surface area contributed by atoms with Gasteiger partial charge in [0.05, 0.1) is 6.54 Å². The van der Waals surface area contributed by atoms with Crippen molar-refractivity contribution in [3.63, 3.8) is 0 Å². The predicted octanol–water partition coefficient (Wildman–Crippen LogP) is 2.71. The molecule has 1 aliphatic rings. The number of aliphatic imine (C=N–C) groups is 1. The van der Waals surface area contributed by atoms with Crippen LogP contribution in [0.2, 0.25) is 0 Å². The zero-order chi connectivity index (χ0) is 21.2. The molecule has 1 aliphatic heterocycles. The molecule has 1 heterocycles. The predicted molar refractivity (Wildman–Crippen MR) is 121 cm³/mol. The van der Waals surface area contributed by atoms with Crippen molar-refractivity contribution in [2.45, 2.75) is 25.9 Å². The summed E-state index contributed by atoms with van der Waals surface area (Å²) in [6.45, 7) is 4.96. The number of benzene rings is 2. The van der Waals surface area contributed by atoms with Crippen LogP contribution in [0.5, 0.6) is 5.75 Å². The number of para-hydroxylation sites is 1. The minimum Gasteiger partial charge on any atom is -0.489 e. The molecule has 0 bridgehead atoms. The van der Waals surface area contributed by atoms with Gasteiger partial charge in [0.2, 0.25) is 5.91 Å². The third kappa shape index (κ3) is 6.79.